The highest BCUT2D eigenvalue weighted by Gasteiger charge is 2.34. The zero-order valence-electron chi connectivity index (χ0n) is 12.7. The number of likely N-dealkylation sites (tertiary alicyclic amines) is 1. The second-order valence-corrected chi connectivity index (χ2v) is 6.21. The van der Waals surface area contributed by atoms with Crippen molar-refractivity contribution in [1.29, 1.82) is 0 Å². The molecule has 1 heterocycles. The summed E-state index contributed by atoms with van der Waals surface area (Å²) in [4.78, 5) is 5.76. The summed E-state index contributed by atoms with van der Waals surface area (Å²) in [6.07, 6.45) is 2.63. The fourth-order valence-corrected chi connectivity index (χ4v) is 3.19. The van der Waals surface area contributed by atoms with E-state index in [2.05, 4.69) is 10.3 Å². The number of hydrogen-bond acceptors (Lipinski definition) is 2. The van der Waals surface area contributed by atoms with E-state index in [0.29, 0.717) is 31.6 Å². The summed E-state index contributed by atoms with van der Waals surface area (Å²) < 4.78 is 36.9. The molecular formula is C14H26F3IN4. The van der Waals surface area contributed by atoms with Gasteiger partial charge in [-0.2, -0.15) is 13.2 Å². The summed E-state index contributed by atoms with van der Waals surface area (Å²) in [7, 11) is 0. The lowest BCUT2D eigenvalue weighted by Crippen LogP contribution is -2.41. The van der Waals surface area contributed by atoms with Gasteiger partial charge in [0.15, 0.2) is 5.96 Å². The lowest BCUT2D eigenvalue weighted by atomic mass is 9.96. The number of nitrogens with one attached hydrogen (secondary N) is 1. The molecule has 22 heavy (non-hydrogen) atoms. The van der Waals surface area contributed by atoms with E-state index < -0.39 is 12.7 Å². The highest BCUT2D eigenvalue weighted by molar-refractivity contribution is 14.0. The minimum absolute atomic E-state index is 0. The molecule has 8 heteroatoms. The monoisotopic (exact) mass is 434 g/mol. The van der Waals surface area contributed by atoms with E-state index in [4.69, 9.17) is 5.73 Å². The van der Waals surface area contributed by atoms with Crippen LogP contribution in [0.2, 0.25) is 0 Å². The molecule has 0 bridgehead atoms. The molecule has 1 unspecified atom stereocenters. The highest BCUT2D eigenvalue weighted by Crippen LogP contribution is 2.23. The van der Waals surface area contributed by atoms with Gasteiger partial charge in [-0.05, 0) is 31.7 Å². The van der Waals surface area contributed by atoms with Gasteiger partial charge >= 0.3 is 6.18 Å². The third-order valence-electron chi connectivity index (χ3n) is 4.25. The number of nitrogens with two attached hydrogens (primary N) is 1. The Labute approximate surface area is 147 Å². The molecule has 0 spiro atoms. The fourth-order valence-electron chi connectivity index (χ4n) is 3.19. The Morgan fingerprint density at radius 1 is 1.18 bits per heavy atom. The average molecular weight is 434 g/mol. The molecule has 3 N–H and O–H groups in total. The van der Waals surface area contributed by atoms with Crippen LogP contribution in [-0.4, -0.2) is 49.3 Å². The van der Waals surface area contributed by atoms with E-state index in [-0.39, 0.29) is 29.9 Å². The largest absolute Gasteiger partial charge is 0.401 e. The first-order chi connectivity index (χ1) is 9.92. The van der Waals surface area contributed by atoms with Crippen molar-refractivity contribution >= 4 is 29.9 Å². The van der Waals surface area contributed by atoms with Crippen LogP contribution in [-0.2, 0) is 0 Å². The number of alkyl halides is 3. The smallest absolute Gasteiger partial charge is 0.370 e. The minimum atomic E-state index is -4.11. The van der Waals surface area contributed by atoms with Gasteiger partial charge in [-0.1, -0.05) is 19.3 Å². The van der Waals surface area contributed by atoms with Crippen molar-refractivity contribution in [2.75, 3.05) is 26.2 Å². The van der Waals surface area contributed by atoms with Crippen molar-refractivity contribution in [3.05, 3.63) is 0 Å². The number of rotatable bonds is 4. The summed E-state index contributed by atoms with van der Waals surface area (Å²) in [5, 5.41) is 3.23. The molecule has 1 aliphatic heterocycles. The Bertz CT molecular complexity index is 356. The van der Waals surface area contributed by atoms with Gasteiger partial charge in [0.05, 0.1) is 6.54 Å². The maximum Gasteiger partial charge on any atom is 0.401 e. The zero-order valence-corrected chi connectivity index (χ0v) is 15.1. The quantitative estimate of drug-likeness (QED) is 0.407. The lowest BCUT2D eigenvalue weighted by Gasteiger charge is -2.23. The number of nitrogens with zero attached hydrogens (tertiary/aromatic N) is 2. The van der Waals surface area contributed by atoms with E-state index in [1.165, 1.54) is 24.2 Å². The molecule has 1 aliphatic carbocycles. The van der Waals surface area contributed by atoms with Crippen molar-refractivity contribution in [3.8, 4) is 0 Å². The normalized spacial score (nSPS) is 25.0. The summed E-state index contributed by atoms with van der Waals surface area (Å²) in [5.41, 5.74) is 5.86. The molecule has 4 nitrogen and oxygen atoms in total. The van der Waals surface area contributed by atoms with Crippen LogP contribution in [0.5, 0.6) is 0 Å². The topological polar surface area (TPSA) is 53.6 Å². The second-order valence-electron chi connectivity index (χ2n) is 6.21. The van der Waals surface area contributed by atoms with E-state index in [1.54, 1.807) is 0 Å². The van der Waals surface area contributed by atoms with Gasteiger partial charge in [0, 0.05) is 19.1 Å². The van der Waals surface area contributed by atoms with Crippen molar-refractivity contribution in [1.82, 2.24) is 10.2 Å². The van der Waals surface area contributed by atoms with Crippen LogP contribution in [0.25, 0.3) is 0 Å². The van der Waals surface area contributed by atoms with Crippen LogP contribution in [0.1, 0.15) is 38.5 Å². The molecule has 0 radical (unpaired) electrons. The van der Waals surface area contributed by atoms with Gasteiger partial charge in [0.1, 0.15) is 0 Å². The van der Waals surface area contributed by atoms with Gasteiger partial charge < -0.3 is 11.1 Å². The van der Waals surface area contributed by atoms with Gasteiger partial charge in [0.2, 0.25) is 0 Å². The highest BCUT2D eigenvalue weighted by atomic mass is 127. The maximum atomic E-state index is 12.3. The zero-order chi connectivity index (χ0) is 15.3. The van der Waals surface area contributed by atoms with Crippen molar-refractivity contribution in [2.45, 2.75) is 50.7 Å². The molecular weight excluding hydrogens is 408 g/mol. The van der Waals surface area contributed by atoms with Gasteiger partial charge in [-0.25, -0.2) is 0 Å². The van der Waals surface area contributed by atoms with Gasteiger partial charge in [-0.3, -0.25) is 9.89 Å². The number of halogens is 4. The summed E-state index contributed by atoms with van der Waals surface area (Å²) in [5.74, 6) is 0.621. The molecule has 1 atom stereocenters. The number of aliphatic imine (C=N–C) groups is 1. The van der Waals surface area contributed by atoms with Crippen molar-refractivity contribution in [2.24, 2.45) is 16.6 Å². The number of hydrogen-bond donors (Lipinski definition) is 2. The van der Waals surface area contributed by atoms with Crippen LogP contribution >= 0.6 is 24.0 Å². The van der Waals surface area contributed by atoms with Crippen molar-refractivity contribution < 1.29 is 13.2 Å². The number of guanidine groups is 1. The Kier molecular flexibility index (Phi) is 8.23. The Balaban J connectivity index is 0.00000242. The average Bonchev–Trinajstić information content (AvgIpc) is 2.83. The molecule has 2 aliphatic rings. The maximum absolute atomic E-state index is 12.3. The molecule has 0 amide bonds. The molecule has 0 aromatic heterocycles. The predicted molar refractivity (Wildman–Crippen MR) is 92.5 cm³/mol. The molecule has 2 fully saturated rings. The van der Waals surface area contributed by atoms with E-state index >= 15 is 0 Å². The molecule has 0 aromatic rings. The Morgan fingerprint density at radius 2 is 1.86 bits per heavy atom. The molecule has 1 saturated heterocycles. The van der Waals surface area contributed by atoms with E-state index in [1.807, 2.05) is 0 Å². The SMILES string of the molecule is I.NC(=NCC1CCN(CC(F)(F)F)C1)NC1CCCCC1. The molecule has 2 rings (SSSR count). The van der Waals surface area contributed by atoms with E-state index in [9.17, 15) is 13.2 Å². The predicted octanol–water partition coefficient (Wildman–Crippen LogP) is 2.73. The molecule has 130 valence electrons. The van der Waals surface area contributed by atoms with Gasteiger partial charge in [-0.15, -0.1) is 24.0 Å². The van der Waals surface area contributed by atoms with Crippen LogP contribution < -0.4 is 11.1 Å². The van der Waals surface area contributed by atoms with Crippen molar-refractivity contribution in [3.63, 3.8) is 0 Å². The van der Waals surface area contributed by atoms with Gasteiger partial charge in [0.25, 0.3) is 0 Å². The first-order valence-corrected chi connectivity index (χ1v) is 7.78. The summed E-state index contributed by atoms with van der Waals surface area (Å²) in [6, 6.07) is 0.410. The first-order valence-electron chi connectivity index (χ1n) is 7.78. The Morgan fingerprint density at radius 3 is 2.50 bits per heavy atom. The third-order valence-corrected chi connectivity index (χ3v) is 4.25. The summed E-state index contributed by atoms with van der Waals surface area (Å²) >= 11 is 0. The second kappa shape index (κ2) is 9.14. The standard InChI is InChI=1S/C14H25F3N4.HI/c15-14(16,17)10-21-7-6-11(9-21)8-19-13(18)20-12-4-2-1-3-5-12;/h11-12H,1-10H2,(H3,18,19,20);1H. The third kappa shape index (κ3) is 7.34. The fraction of sp³-hybridized carbons (Fsp3) is 0.929. The lowest BCUT2D eigenvalue weighted by molar-refractivity contribution is -0.143. The summed E-state index contributed by atoms with van der Waals surface area (Å²) in [6.45, 7) is 0.651. The van der Waals surface area contributed by atoms with Crippen LogP contribution in [0.4, 0.5) is 13.2 Å². The van der Waals surface area contributed by atoms with E-state index in [0.717, 1.165) is 19.3 Å². The van der Waals surface area contributed by atoms with Crippen LogP contribution in [0.3, 0.4) is 0 Å². The van der Waals surface area contributed by atoms with Crippen LogP contribution in [0, 0.1) is 5.92 Å². The van der Waals surface area contributed by atoms with Crippen LogP contribution in [0.15, 0.2) is 4.99 Å². The first kappa shape index (κ1) is 19.8. The minimum Gasteiger partial charge on any atom is -0.370 e. The molecule has 0 aromatic carbocycles. The Hall–Kier alpha value is -0.250. The molecule has 1 saturated carbocycles.